The molecule has 0 spiro atoms. The molecular weight excluding hydrogens is 271 g/mol. The highest BCUT2D eigenvalue weighted by Crippen LogP contribution is 2.23. The van der Waals surface area contributed by atoms with E-state index in [1.54, 1.807) is 25.1 Å². The largest absolute Gasteiger partial charge is 0.466 e. The number of halogens is 1. The number of nitrogens with zero attached hydrogens (tertiary/aromatic N) is 2. The van der Waals surface area contributed by atoms with Crippen LogP contribution in [-0.4, -0.2) is 30.6 Å². The number of nitriles is 1. The fourth-order valence-corrected chi connectivity index (χ4v) is 2.17. The van der Waals surface area contributed by atoms with Gasteiger partial charge < -0.3 is 4.74 Å². The van der Waals surface area contributed by atoms with Gasteiger partial charge in [0.05, 0.1) is 19.1 Å². The molecule has 1 aromatic carbocycles. The van der Waals surface area contributed by atoms with Crippen LogP contribution in [0.25, 0.3) is 0 Å². The van der Waals surface area contributed by atoms with Gasteiger partial charge in [-0.25, -0.2) is 4.39 Å². The van der Waals surface area contributed by atoms with Crippen molar-refractivity contribution in [3.05, 3.63) is 35.6 Å². The van der Waals surface area contributed by atoms with Crippen LogP contribution in [0.5, 0.6) is 0 Å². The zero-order chi connectivity index (χ0) is 15.7. The van der Waals surface area contributed by atoms with Crippen LogP contribution in [0, 0.1) is 17.1 Å². The summed E-state index contributed by atoms with van der Waals surface area (Å²) in [6, 6.07) is 7.69. The maximum Gasteiger partial charge on any atom is 0.307 e. The minimum Gasteiger partial charge on any atom is -0.466 e. The summed E-state index contributed by atoms with van der Waals surface area (Å²) in [7, 11) is 0. The molecule has 1 atom stereocenters. The van der Waals surface area contributed by atoms with E-state index in [-0.39, 0.29) is 12.4 Å². The predicted molar refractivity (Wildman–Crippen MR) is 77.9 cm³/mol. The molecule has 0 saturated heterocycles. The second kappa shape index (κ2) is 9.09. The zero-order valence-electron chi connectivity index (χ0n) is 12.5. The summed E-state index contributed by atoms with van der Waals surface area (Å²) in [5.74, 6) is -0.704. The van der Waals surface area contributed by atoms with Crippen LogP contribution in [0.2, 0.25) is 0 Å². The van der Waals surface area contributed by atoms with Gasteiger partial charge in [0.25, 0.3) is 0 Å². The first-order chi connectivity index (χ1) is 10.1. The average Bonchev–Trinajstić information content (AvgIpc) is 2.47. The molecule has 1 unspecified atom stereocenters. The number of ether oxygens (including phenoxy) is 1. The third-order valence-electron chi connectivity index (χ3n) is 3.11. The molecular formula is C16H21FN2O2. The summed E-state index contributed by atoms with van der Waals surface area (Å²) in [5, 5.41) is 9.40. The molecule has 1 rings (SSSR count). The van der Waals surface area contributed by atoms with Crippen molar-refractivity contribution in [1.82, 2.24) is 4.90 Å². The highest BCUT2D eigenvalue weighted by molar-refractivity contribution is 5.69. The first kappa shape index (κ1) is 17.1. The van der Waals surface area contributed by atoms with E-state index in [9.17, 15) is 14.4 Å². The fraction of sp³-hybridized carbons (Fsp3) is 0.500. The molecule has 114 valence electrons. The maximum absolute atomic E-state index is 13.9. The van der Waals surface area contributed by atoms with Crippen molar-refractivity contribution in [1.29, 1.82) is 5.26 Å². The van der Waals surface area contributed by atoms with Crippen molar-refractivity contribution in [2.45, 2.75) is 32.7 Å². The van der Waals surface area contributed by atoms with Gasteiger partial charge >= 0.3 is 5.97 Å². The molecule has 0 aliphatic carbocycles. The Kier molecular flexibility index (Phi) is 7.41. The van der Waals surface area contributed by atoms with Crippen molar-refractivity contribution >= 4 is 5.97 Å². The van der Waals surface area contributed by atoms with Gasteiger partial charge in [-0.15, -0.1) is 0 Å². The number of benzene rings is 1. The van der Waals surface area contributed by atoms with Gasteiger partial charge in [-0.2, -0.15) is 5.26 Å². The van der Waals surface area contributed by atoms with Crippen LogP contribution in [0.3, 0.4) is 0 Å². The van der Waals surface area contributed by atoms with E-state index in [1.807, 2.05) is 11.8 Å². The predicted octanol–water partition coefficient (Wildman–Crippen LogP) is 3.06. The SMILES string of the molecule is CCCN(CCC(=O)OCC)C(C#N)c1ccccc1F. The van der Waals surface area contributed by atoms with E-state index in [0.717, 1.165) is 6.42 Å². The van der Waals surface area contributed by atoms with E-state index in [4.69, 9.17) is 4.74 Å². The molecule has 0 aliphatic heterocycles. The lowest BCUT2D eigenvalue weighted by molar-refractivity contribution is -0.143. The third-order valence-corrected chi connectivity index (χ3v) is 3.11. The molecule has 0 radical (unpaired) electrons. The van der Waals surface area contributed by atoms with Crippen LogP contribution in [0.15, 0.2) is 24.3 Å². The van der Waals surface area contributed by atoms with Gasteiger partial charge in [-0.05, 0) is 26.0 Å². The average molecular weight is 292 g/mol. The fourth-order valence-electron chi connectivity index (χ4n) is 2.17. The van der Waals surface area contributed by atoms with E-state index in [1.165, 1.54) is 6.07 Å². The Morgan fingerprint density at radius 2 is 2.10 bits per heavy atom. The molecule has 0 aromatic heterocycles. The minimum atomic E-state index is -0.694. The summed E-state index contributed by atoms with van der Waals surface area (Å²) in [4.78, 5) is 13.3. The Morgan fingerprint density at radius 1 is 1.38 bits per heavy atom. The molecule has 0 heterocycles. The zero-order valence-corrected chi connectivity index (χ0v) is 12.5. The van der Waals surface area contributed by atoms with Gasteiger partial charge in [0.2, 0.25) is 0 Å². The number of carbonyl (C=O) groups excluding carboxylic acids is 1. The Morgan fingerprint density at radius 3 is 2.67 bits per heavy atom. The topological polar surface area (TPSA) is 53.3 Å². The number of hydrogen-bond acceptors (Lipinski definition) is 4. The molecule has 0 aliphatic rings. The second-order valence-electron chi connectivity index (χ2n) is 4.64. The maximum atomic E-state index is 13.9. The molecule has 1 aromatic rings. The van der Waals surface area contributed by atoms with Crippen LogP contribution in [-0.2, 0) is 9.53 Å². The summed E-state index contributed by atoms with van der Waals surface area (Å²) < 4.78 is 18.8. The molecule has 5 heteroatoms. The van der Waals surface area contributed by atoms with Gasteiger partial charge in [-0.1, -0.05) is 25.1 Å². The smallest absolute Gasteiger partial charge is 0.307 e. The van der Waals surface area contributed by atoms with E-state index in [0.29, 0.717) is 25.3 Å². The van der Waals surface area contributed by atoms with Gasteiger partial charge in [0.15, 0.2) is 0 Å². The molecule has 0 amide bonds. The third kappa shape index (κ3) is 5.16. The first-order valence-electron chi connectivity index (χ1n) is 7.17. The van der Waals surface area contributed by atoms with Gasteiger partial charge in [0, 0.05) is 12.1 Å². The van der Waals surface area contributed by atoms with Crippen molar-refractivity contribution in [3.8, 4) is 6.07 Å². The highest BCUT2D eigenvalue weighted by Gasteiger charge is 2.22. The molecule has 0 N–H and O–H groups in total. The molecule has 4 nitrogen and oxygen atoms in total. The van der Waals surface area contributed by atoms with E-state index in [2.05, 4.69) is 6.07 Å². The van der Waals surface area contributed by atoms with E-state index < -0.39 is 11.9 Å². The number of hydrogen-bond donors (Lipinski definition) is 0. The summed E-state index contributed by atoms with van der Waals surface area (Å²) >= 11 is 0. The van der Waals surface area contributed by atoms with Crippen LogP contribution >= 0.6 is 0 Å². The Labute approximate surface area is 125 Å². The summed E-state index contributed by atoms with van der Waals surface area (Å²) in [5.41, 5.74) is 0.345. The van der Waals surface area contributed by atoms with Crippen molar-refractivity contribution < 1.29 is 13.9 Å². The van der Waals surface area contributed by atoms with Crippen LogP contribution < -0.4 is 0 Å². The normalized spacial score (nSPS) is 12.0. The monoisotopic (exact) mass is 292 g/mol. The summed E-state index contributed by atoms with van der Waals surface area (Å²) in [6.07, 6.45) is 1.01. The number of esters is 1. The first-order valence-corrected chi connectivity index (χ1v) is 7.17. The van der Waals surface area contributed by atoms with Crippen LogP contribution in [0.1, 0.15) is 38.3 Å². The lowest BCUT2D eigenvalue weighted by Gasteiger charge is -2.26. The van der Waals surface area contributed by atoms with Crippen LogP contribution in [0.4, 0.5) is 4.39 Å². The number of rotatable bonds is 8. The van der Waals surface area contributed by atoms with Crippen molar-refractivity contribution in [2.75, 3.05) is 19.7 Å². The Bertz CT molecular complexity index is 499. The summed E-state index contributed by atoms with van der Waals surface area (Å²) in [6.45, 7) is 5.05. The number of carbonyl (C=O) groups is 1. The molecule has 0 fully saturated rings. The quantitative estimate of drug-likeness (QED) is 0.691. The standard InChI is InChI=1S/C16H21FN2O2/c1-3-10-19(11-9-16(20)21-4-2)15(12-18)13-7-5-6-8-14(13)17/h5-8,15H,3-4,9-11H2,1-2H3. The lowest BCUT2D eigenvalue weighted by atomic mass is 10.1. The van der Waals surface area contributed by atoms with Gasteiger partial charge in [0.1, 0.15) is 11.9 Å². The second-order valence-corrected chi connectivity index (χ2v) is 4.64. The van der Waals surface area contributed by atoms with Crippen molar-refractivity contribution in [3.63, 3.8) is 0 Å². The lowest BCUT2D eigenvalue weighted by Crippen LogP contribution is -2.32. The Balaban J connectivity index is 2.84. The van der Waals surface area contributed by atoms with Crippen molar-refractivity contribution in [2.24, 2.45) is 0 Å². The Hall–Kier alpha value is -1.93. The molecule has 0 bridgehead atoms. The van der Waals surface area contributed by atoms with E-state index >= 15 is 0 Å². The minimum absolute atomic E-state index is 0.195. The molecule has 21 heavy (non-hydrogen) atoms. The van der Waals surface area contributed by atoms with Gasteiger partial charge in [-0.3, -0.25) is 9.69 Å². The highest BCUT2D eigenvalue weighted by atomic mass is 19.1. The molecule has 0 saturated carbocycles.